The molecule has 0 saturated carbocycles. The molecule has 6 nitrogen and oxygen atoms in total. The van der Waals surface area contributed by atoms with Crippen molar-refractivity contribution in [3.63, 3.8) is 0 Å². The lowest BCUT2D eigenvalue weighted by atomic mass is 10.2. The van der Waals surface area contributed by atoms with Crippen LogP contribution in [-0.4, -0.2) is 19.8 Å². The van der Waals surface area contributed by atoms with Crippen molar-refractivity contribution >= 4 is 5.65 Å². The number of rotatable bonds is 4. The highest BCUT2D eigenvalue weighted by Crippen LogP contribution is 2.11. The third-order valence-corrected chi connectivity index (χ3v) is 3.15. The van der Waals surface area contributed by atoms with Crippen LogP contribution >= 0.6 is 0 Å². The minimum Gasteiger partial charge on any atom is -0.361 e. The van der Waals surface area contributed by atoms with Gasteiger partial charge in [-0.05, 0) is 26.0 Å². The van der Waals surface area contributed by atoms with Crippen LogP contribution < -0.4 is 5.32 Å². The minimum atomic E-state index is 0.648. The maximum atomic E-state index is 5.13. The Hall–Kier alpha value is -2.21. The molecule has 0 aromatic carbocycles. The van der Waals surface area contributed by atoms with Crippen molar-refractivity contribution < 1.29 is 4.52 Å². The summed E-state index contributed by atoms with van der Waals surface area (Å²) in [5.41, 5.74) is 2.89. The molecule has 3 heterocycles. The van der Waals surface area contributed by atoms with E-state index in [0.717, 1.165) is 28.5 Å². The fourth-order valence-electron chi connectivity index (χ4n) is 2.07. The van der Waals surface area contributed by atoms with E-state index in [4.69, 9.17) is 4.52 Å². The van der Waals surface area contributed by atoms with Gasteiger partial charge in [-0.2, -0.15) is 0 Å². The van der Waals surface area contributed by atoms with Gasteiger partial charge in [0, 0.05) is 18.3 Å². The van der Waals surface area contributed by atoms with E-state index in [1.54, 1.807) is 0 Å². The van der Waals surface area contributed by atoms with Gasteiger partial charge in [0.1, 0.15) is 5.76 Å². The number of nitrogens with one attached hydrogen (secondary N) is 1. The monoisotopic (exact) mass is 257 g/mol. The summed E-state index contributed by atoms with van der Waals surface area (Å²) in [6, 6.07) is 5.85. The number of pyridine rings is 1. The lowest BCUT2D eigenvalue weighted by Gasteiger charge is -2.03. The second-order valence-electron chi connectivity index (χ2n) is 4.45. The molecule has 0 aliphatic heterocycles. The molecule has 0 spiro atoms. The molecule has 0 saturated heterocycles. The Morgan fingerprint density at radius 3 is 2.89 bits per heavy atom. The summed E-state index contributed by atoms with van der Waals surface area (Å²) in [7, 11) is 0. The molecule has 0 amide bonds. The summed E-state index contributed by atoms with van der Waals surface area (Å²) in [5, 5.41) is 15.6. The number of aromatic nitrogens is 4. The number of hydrogen-bond donors (Lipinski definition) is 1. The summed E-state index contributed by atoms with van der Waals surface area (Å²) in [4.78, 5) is 0. The van der Waals surface area contributed by atoms with Gasteiger partial charge in [-0.15, -0.1) is 10.2 Å². The highest BCUT2D eigenvalue weighted by Gasteiger charge is 2.09. The van der Waals surface area contributed by atoms with Crippen LogP contribution in [0.2, 0.25) is 0 Å². The van der Waals surface area contributed by atoms with Crippen molar-refractivity contribution in [2.24, 2.45) is 0 Å². The summed E-state index contributed by atoms with van der Waals surface area (Å²) in [5.74, 6) is 1.75. The average molecular weight is 257 g/mol. The zero-order valence-corrected chi connectivity index (χ0v) is 10.9. The standard InChI is InChI=1S/C13H15N5O/c1-9-11(10(2)19-17-9)7-14-8-13-16-15-12-5-3-4-6-18(12)13/h3-6,14H,7-8H2,1-2H3. The van der Waals surface area contributed by atoms with Crippen LogP contribution in [0.5, 0.6) is 0 Å². The predicted molar refractivity (Wildman–Crippen MR) is 69.5 cm³/mol. The Morgan fingerprint density at radius 2 is 2.11 bits per heavy atom. The van der Waals surface area contributed by atoms with Gasteiger partial charge in [-0.3, -0.25) is 4.40 Å². The Morgan fingerprint density at radius 1 is 1.21 bits per heavy atom. The van der Waals surface area contributed by atoms with E-state index in [9.17, 15) is 0 Å². The number of hydrogen-bond acceptors (Lipinski definition) is 5. The average Bonchev–Trinajstić information content (AvgIpc) is 2.97. The molecule has 98 valence electrons. The third kappa shape index (κ3) is 2.22. The van der Waals surface area contributed by atoms with Crippen molar-refractivity contribution in [2.75, 3.05) is 0 Å². The third-order valence-electron chi connectivity index (χ3n) is 3.15. The van der Waals surface area contributed by atoms with Crippen LogP contribution in [0.4, 0.5) is 0 Å². The second kappa shape index (κ2) is 4.81. The fraction of sp³-hybridized carbons (Fsp3) is 0.308. The first-order valence-electron chi connectivity index (χ1n) is 6.17. The summed E-state index contributed by atoms with van der Waals surface area (Å²) < 4.78 is 7.10. The van der Waals surface area contributed by atoms with E-state index in [-0.39, 0.29) is 0 Å². The molecule has 0 fully saturated rings. The molecule has 19 heavy (non-hydrogen) atoms. The van der Waals surface area contributed by atoms with Crippen LogP contribution in [-0.2, 0) is 13.1 Å². The SMILES string of the molecule is Cc1noc(C)c1CNCc1nnc2ccccn12. The van der Waals surface area contributed by atoms with Crippen molar-refractivity contribution in [1.29, 1.82) is 0 Å². The van der Waals surface area contributed by atoms with Crippen LogP contribution in [0.25, 0.3) is 5.65 Å². The molecule has 3 aromatic heterocycles. The van der Waals surface area contributed by atoms with Gasteiger partial charge in [0.25, 0.3) is 0 Å². The van der Waals surface area contributed by atoms with Crippen LogP contribution in [0, 0.1) is 13.8 Å². The van der Waals surface area contributed by atoms with Gasteiger partial charge >= 0.3 is 0 Å². The van der Waals surface area contributed by atoms with Crippen molar-refractivity contribution in [1.82, 2.24) is 25.1 Å². The molecule has 0 aliphatic rings. The van der Waals surface area contributed by atoms with E-state index >= 15 is 0 Å². The van der Waals surface area contributed by atoms with Crippen LogP contribution in [0.1, 0.15) is 22.8 Å². The maximum Gasteiger partial charge on any atom is 0.160 e. The van der Waals surface area contributed by atoms with Crippen molar-refractivity contribution in [3.05, 3.63) is 47.2 Å². The normalized spacial score (nSPS) is 11.3. The molecule has 3 aromatic rings. The second-order valence-corrected chi connectivity index (χ2v) is 4.45. The van der Waals surface area contributed by atoms with Gasteiger partial charge in [0.2, 0.25) is 0 Å². The number of fused-ring (bicyclic) bond motifs is 1. The van der Waals surface area contributed by atoms with Gasteiger partial charge in [-0.25, -0.2) is 0 Å². The maximum absolute atomic E-state index is 5.13. The lowest BCUT2D eigenvalue weighted by Crippen LogP contribution is -2.15. The topological polar surface area (TPSA) is 68.2 Å². The molecule has 0 atom stereocenters. The molecule has 0 unspecified atom stereocenters. The Balaban J connectivity index is 1.70. The Labute approximate surface area is 110 Å². The highest BCUT2D eigenvalue weighted by atomic mass is 16.5. The molecule has 0 aliphatic carbocycles. The quantitative estimate of drug-likeness (QED) is 0.769. The van der Waals surface area contributed by atoms with E-state index in [2.05, 4.69) is 20.7 Å². The Bertz CT molecular complexity index is 680. The molecule has 1 N–H and O–H groups in total. The molecule has 0 radical (unpaired) electrons. The van der Waals surface area contributed by atoms with Crippen LogP contribution in [0.15, 0.2) is 28.9 Å². The zero-order chi connectivity index (χ0) is 13.2. The van der Waals surface area contributed by atoms with Crippen LogP contribution in [0.3, 0.4) is 0 Å². The van der Waals surface area contributed by atoms with E-state index in [1.165, 1.54) is 0 Å². The minimum absolute atomic E-state index is 0.648. The first-order chi connectivity index (χ1) is 9.25. The Kier molecular flexibility index (Phi) is 3.00. The van der Waals surface area contributed by atoms with Gasteiger partial charge < -0.3 is 9.84 Å². The van der Waals surface area contributed by atoms with Crippen molar-refractivity contribution in [3.8, 4) is 0 Å². The summed E-state index contributed by atoms with van der Waals surface area (Å²) in [6.45, 7) is 5.22. The van der Waals surface area contributed by atoms with Gasteiger partial charge in [0.05, 0.1) is 12.2 Å². The molecular formula is C13H15N5O. The first kappa shape index (κ1) is 11.9. The fourth-order valence-corrected chi connectivity index (χ4v) is 2.07. The zero-order valence-electron chi connectivity index (χ0n) is 10.9. The van der Waals surface area contributed by atoms with Crippen molar-refractivity contribution in [2.45, 2.75) is 26.9 Å². The van der Waals surface area contributed by atoms with E-state index in [1.807, 2.05) is 42.6 Å². The van der Waals surface area contributed by atoms with E-state index in [0.29, 0.717) is 13.1 Å². The van der Waals surface area contributed by atoms with E-state index < -0.39 is 0 Å². The van der Waals surface area contributed by atoms with Gasteiger partial charge in [0.15, 0.2) is 11.5 Å². The lowest BCUT2D eigenvalue weighted by molar-refractivity contribution is 0.391. The summed E-state index contributed by atoms with van der Waals surface area (Å²) >= 11 is 0. The molecular weight excluding hydrogens is 242 g/mol. The van der Waals surface area contributed by atoms with Gasteiger partial charge in [-0.1, -0.05) is 11.2 Å². The predicted octanol–water partition coefficient (Wildman–Crippen LogP) is 1.62. The number of nitrogens with zero attached hydrogens (tertiary/aromatic N) is 4. The largest absolute Gasteiger partial charge is 0.361 e. The molecule has 3 rings (SSSR count). The highest BCUT2D eigenvalue weighted by molar-refractivity contribution is 5.36. The first-order valence-corrected chi connectivity index (χ1v) is 6.17. The number of aryl methyl sites for hydroxylation is 2. The molecule has 6 heteroatoms. The molecule has 0 bridgehead atoms. The smallest absolute Gasteiger partial charge is 0.160 e. The summed E-state index contributed by atoms with van der Waals surface area (Å²) in [6.07, 6.45) is 1.96.